The highest BCUT2D eigenvalue weighted by Gasteiger charge is 2.18. The molecule has 2 aromatic carbocycles. The van der Waals surface area contributed by atoms with Crippen LogP contribution < -0.4 is 5.32 Å². The monoisotopic (exact) mass is 281 g/mol. The highest BCUT2D eigenvalue weighted by Crippen LogP contribution is 2.28. The van der Waals surface area contributed by atoms with Gasteiger partial charge < -0.3 is 9.73 Å². The van der Waals surface area contributed by atoms with Crippen LogP contribution in [-0.4, -0.2) is 0 Å². The second kappa shape index (κ2) is 5.83. The molecule has 0 saturated carbocycles. The number of rotatable bonds is 4. The van der Waals surface area contributed by atoms with Crippen molar-refractivity contribution in [3.05, 3.63) is 89.6 Å². The Labute approximate surface area is 123 Å². The summed E-state index contributed by atoms with van der Waals surface area (Å²) in [5, 5.41) is 3.22. The standard InChI is InChI=1S/C18H16FNO/c1-13-9-10-16(15(19)12-13)20-18(17-8-5-11-21-17)14-6-3-2-4-7-14/h2-12,18,20H,1H3. The van der Waals surface area contributed by atoms with Crippen LogP contribution in [0.5, 0.6) is 0 Å². The van der Waals surface area contributed by atoms with E-state index in [2.05, 4.69) is 5.32 Å². The number of aryl methyl sites for hydroxylation is 1. The molecule has 0 spiro atoms. The summed E-state index contributed by atoms with van der Waals surface area (Å²) < 4.78 is 19.6. The molecule has 0 aliphatic rings. The molecule has 0 bridgehead atoms. The number of anilines is 1. The molecule has 21 heavy (non-hydrogen) atoms. The van der Waals surface area contributed by atoms with Gasteiger partial charge in [0.05, 0.1) is 12.0 Å². The summed E-state index contributed by atoms with van der Waals surface area (Å²) in [7, 11) is 0. The van der Waals surface area contributed by atoms with Gasteiger partial charge >= 0.3 is 0 Å². The van der Waals surface area contributed by atoms with Crippen LogP contribution in [0.4, 0.5) is 10.1 Å². The van der Waals surface area contributed by atoms with Gasteiger partial charge in [0.1, 0.15) is 17.6 Å². The molecule has 0 aliphatic carbocycles. The Hall–Kier alpha value is -2.55. The summed E-state index contributed by atoms with van der Waals surface area (Å²) in [5.41, 5.74) is 2.38. The van der Waals surface area contributed by atoms with Gasteiger partial charge in [-0.3, -0.25) is 0 Å². The summed E-state index contributed by atoms with van der Waals surface area (Å²) in [6.07, 6.45) is 1.62. The zero-order valence-electron chi connectivity index (χ0n) is 11.7. The summed E-state index contributed by atoms with van der Waals surface area (Å²) in [6.45, 7) is 1.87. The molecule has 0 saturated heterocycles. The van der Waals surface area contributed by atoms with Crippen LogP contribution in [0.1, 0.15) is 22.9 Å². The minimum Gasteiger partial charge on any atom is -0.467 e. The second-order valence-corrected chi connectivity index (χ2v) is 4.99. The lowest BCUT2D eigenvalue weighted by Crippen LogP contribution is -2.12. The maximum atomic E-state index is 14.1. The minimum absolute atomic E-state index is 0.224. The first-order chi connectivity index (χ1) is 10.2. The van der Waals surface area contributed by atoms with Crippen molar-refractivity contribution in [3.63, 3.8) is 0 Å². The maximum absolute atomic E-state index is 14.1. The number of benzene rings is 2. The third-order valence-corrected chi connectivity index (χ3v) is 3.39. The lowest BCUT2D eigenvalue weighted by atomic mass is 10.0. The van der Waals surface area contributed by atoms with Gasteiger partial charge in [-0.2, -0.15) is 0 Å². The molecule has 3 heteroatoms. The first-order valence-corrected chi connectivity index (χ1v) is 6.85. The van der Waals surface area contributed by atoms with Crippen LogP contribution in [0.2, 0.25) is 0 Å². The molecular weight excluding hydrogens is 265 g/mol. The zero-order valence-corrected chi connectivity index (χ0v) is 11.7. The minimum atomic E-state index is -0.262. The number of nitrogens with one attached hydrogen (secondary N) is 1. The average Bonchev–Trinajstić information content (AvgIpc) is 3.01. The van der Waals surface area contributed by atoms with Crippen LogP contribution in [-0.2, 0) is 0 Å². The van der Waals surface area contributed by atoms with E-state index in [-0.39, 0.29) is 11.9 Å². The Balaban J connectivity index is 1.97. The van der Waals surface area contributed by atoms with Gasteiger partial charge in [-0.1, -0.05) is 36.4 Å². The normalized spacial score (nSPS) is 12.1. The first kappa shape index (κ1) is 13.4. The van der Waals surface area contributed by atoms with E-state index in [4.69, 9.17) is 4.42 Å². The molecule has 0 amide bonds. The molecule has 106 valence electrons. The molecule has 1 N–H and O–H groups in total. The number of furan rings is 1. The summed E-state index contributed by atoms with van der Waals surface area (Å²) in [4.78, 5) is 0. The first-order valence-electron chi connectivity index (χ1n) is 6.85. The summed E-state index contributed by atoms with van der Waals surface area (Å²) in [5.74, 6) is 0.490. The van der Waals surface area contributed by atoms with Crippen molar-refractivity contribution in [2.75, 3.05) is 5.32 Å². The Morgan fingerprint density at radius 2 is 1.81 bits per heavy atom. The van der Waals surface area contributed by atoms with E-state index < -0.39 is 0 Å². The highest BCUT2D eigenvalue weighted by molar-refractivity contribution is 5.50. The zero-order chi connectivity index (χ0) is 14.7. The molecule has 1 unspecified atom stereocenters. The molecule has 1 aromatic heterocycles. The molecule has 3 rings (SSSR count). The molecule has 2 nitrogen and oxygen atoms in total. The van der Waals surface area contributed by atoms with E-state index in [1.807, 2.05) is 55.5 Å². The van der Waals surface area contributed by atoms with Crippen molar-refractivity contribution < 1.29 is 8.81 Å². The van der Waals surface area contributed by atoms with E-state index >= 15 is 0 Å². The fraction of sp³-hybridized carbons (Fsp3) is 0.111. The van der Waals surface area contributed by atoms with Crippen molar-refractivity contribution in [2.45, 2.75) is 13.0 Å². The molecular formula is C18H16FNO. The molecule has 1 atom stereocenters. The molecule has 1 heterocycles. The maximum Gasteiger partial charge on any atom is 0.146 e. The van der Waals surface area contributed by atoms with Gasteiger partial charge in [0, 0.05) is 0 Å². The van der Waals surface area contributed by atoms with E-state index in [1.54, 1.807) is 12.3 Å². The van der Waals surface area contributed by atoms with Gasteiger partial charge in [-0.05, 0) is 42.3 Å². The lowest BCUT2D eigenvalue weighted by Gasteiger charge is -2.19. The van der Waals surface area contributed by atoms with Crippen LogP contribution in [0, 0.1) is 12.7 Å². The van der Waals surface area contributed by atoms with Crippen molar-refractivity contribution in [1.82, 2.24) is 0 Å². The summed E-state index contributed by atoms with van der Waals surface area (Å²) in [6, 6.07) is 18.5. The Kier molecular flexibility index (Phi) is 3.73. The quantitative estimate of drug-likeness (QED) is 0.733. The van der Waals surface area contributed by atoms with Crippen LogP contribution >= 0.6 is 0 Å². The van der Waals surface area contributed by atoms with Crippen LogP contribution in [0.15, 0.2) is 71.3 Å². The van der Waals surface area contributed by atoms with Crippen molar-refractivity contribution >= 4 is 5.69 Å². The average molecular weight is 281 g/mol. The van der Waals surface area contributed by atoms with Crippen molar-refractivity contribution in [3.8, 4) is 0 Å². The number of hydrogen-bond acceptors (Lipinski definition) is 2. The second-order valence-electron chi connectivity index (χ2n) is 4.99. The van der Waals surface area contributed by atoms with E-state index in [1.165, 1.54) is 6.07 Å². The van der Waals surface area contributed by atoms with Crippen molar-refractivity contribution in [2.24, 2.45) is 0 Å². The molecule has 0 fully saturated rings. The predicted molar refractivity (Wildman–Crippen MR) is 81.8 cm³/mol. The smallest absolute Gasteiger partial charge is 0.146 e. The summed E-state index contributed by atoms with van der Waals surface area (Å²) >= 11 is 0. The Morgan fingerprint density at radius 3 is 2.48 bits per heavy atom. The molecule has 3 aromatic rings. The van der Waals surface area contributed by atoms with E-state index in [0.29, 0.717) is 5.69 Å². The molecule has 0 radical (unpaired) electrons. The van der Waals surface area contributed by atoms with Crippen LogP contribution in [0.25, 0.3) is 0 Å². The van der Waals surface area contributed by atoms with Gasteiger partial charge in [0.2, 0.25) is 0 Å². The van der Waals surface area contributed by atoms with E-state index in [9.17, 15) is 4.39 Å². The Bertz CT molecular complexity index is 707. The van der Waals surface area contributed by atoms with Crippen molar-refractivity contribution in [1.29, 1.82) is 0 Å². The topological polar surface area (TPSA) is 25.2 Å². The highest BCUT2D eigenvalue weighted by atomic mass is 19.1. The number of halogens is 1. The van der Waals surface area contributed by atoms with Crippen LogP contribution in [0.3, 0.4) is 0 Å². The fourth-order valence-electron chi connectivity index (χ4n) is 2.31. The third-order valence-electron chi connectivity index (χ3n) is 3.39. The predicted octanol–water partition coefficient (Wildman–Crippen LogP) is 4.93. The van der Waals surface area contributed by atoms with E-state index in [0.717, 1.165) is 16.9 Å². The molecule has 0 aliphatic heterocycles. The third kappa shape index (κ3) is 2.97. The fourth-order valence-corrected chi connectivity index (χ4v) is 2.31. The SMILES string of the molecule is Cc1ccc(NC(c2ccccc2)c2ccco2)c(F)c1. The Morgan fingerprint density at radius 1 is 1.00 bits per heavy atom. The number of hydrogen-bond donors (Lipinski definition) is 1. The van der Waals surface area contributed by atoms with Gasteiger partial charge in [0.25, 0.3) is 0 Å². The largest absolute Gasteiger partial charge is 0.467 e. The van der Waals surface area contributed by atoms with Gasteiger partial charge in [-0.25, -0.2) is 4.39 Å². The van der Waals surface area contributed by atoms with Gasteiger partial charge in [0.15, 0.2) is 0 Å². The van der Waals surface area contributed by atoms with Gasteiger partial charge in [-0.15, -0.1) is 0 Å². The lowest BCUT2D eigenvalue weighted by molar-refractivity contribution is 0.498.